The molecule has 0 aliphatic carbocycles. The Bertz CT molecular complexity index is 875. The molecular weight excluding hydrogens is 396 g/mol. The Morgan fingerprint density at radius 3 is 2.72 bits per heavy atom. The second kappa shape index (κ2) is 9.49. The Balaban J connectivity index is 1.53. The standard InChI is InChI=1S/C20H23ClN4O4/c1-29-15-5-2-13(3-6-15)18(26)11-23-20(28)24-14-4-7-17(16(21)10-14)25-9-8-22-19(27)12-25/h2-7,10,18,26H,8-9,11-12H2,1H3,(H,22,27)(H2,23,24,28). The molecule has 2 aromatic rings. The monoisotopic (exact) mass is 418 g/mol. The van der Waals surface area contributed by atoms with Gasteiger partial charge in [-0.25, -0.2) is 4.79 Å². The van der Waals surface area contributed by atoms with E-state index in [1.165, 1.54) is 0 Å². The van der Waals surface area contributed by atoms with Crippen LogP contribution in [-0.2, 0) is 4.79 Å². The number of amides is 3. The number of piperazine rings is 1. The number of aliphatic hydroxyl groups is 1. The zero-order valence-electron chi connectivity index (χ0n) is 15.9. The van der Waals surface area contributed by atoms with E-state index in [9.17, 15) is 14.7 Å². The molecule has 4 N–H and O–H groups in total. The van der Waals surface area contributed by atoms with E-state index in [0.29, 0.717) is 35.1 Å². The SMILES string of the molecule is COc1ccc(C(O)CNC(=O)Nc2ccc(N3CCNC(=O)C3)c(Cl)c2)cc1. The van der Waals surface area contributed by atoms with Crippen LogP contribution in [0.1, 0.15) is 11.7 Å². The first-order valence-corrected chi connectivity index (χ1v) is 9.52. The fraction of sp³-hybridized carbons (Fsp3) is 0.300. The lowest BCUT2D eigenvalue weighted by atomic mass is 10.1. The summed E-state index contributed by atoms with van der Waals surface area (Å²) < 4.78 is 5.08. The van der Waals surface area contributed by atoms with Crippen molar-refractivity contribution >= 4 is 34.9 Å². The van der Waals surface area contributed by atoms with Crippen molar-refractivity contribution in [1.29, 1.82) is 0 Å². The van der Waals surface area contributed by atoms with E-state index >= 15 is 0 Å². The van der Waals surface area contributed by atoms with Crippen LogP contribution in [0.5, 0.6) is 5.75 Å². The quantitative estimate of drug-likeness (QED) is 0.575. The Labute approximate surface area is 173 Å². The first-order valence-electron chi connectivity index (χ1n) is 9.14. The molecule has 0 aromatic heterocycles. The summed E-state index contributed by atoms with van der Waals surface area (Å²) >= 11 is 6.33. The number of nitrogens with zero attached hydrogens (tertiary/aromatic N) is 1. The van der Waals surface area contributed by atoms with E-state index in [1.807, 2.05) is 4.90 Å². The van der Waals surface area contributed by atoms with Crippen LogP contribution >= 0.6 is 11.6 Å². The van der Waals surface area contributed by atoms with Gasteiger partial charge in [0.1, 0.15) is 5.75 Å². The van der Waals surface area contributed by atoms with Crippen LogP contribution in [0.3, 0.4) is 0 Å². The van der Waals surface area contributed by atoms with E-state index in [2.05, 4.69) is 16.0 Å². The third-order valence-corrected chi connectivity index (χ3v) is 4.84. The average molecular weight is 419 g/mol. The van der Waals surface area contributed by atoms with Crippen molar-refractivity contribution in [2.24, 2.45) is 0 Å². The number of anilines is 2. The molecule has 2 aromatic carbocycles. The molecule has 1 heterocycles. The van der Waals surface area contributed by atoms with Crippen molar-refractivity contribution in [2.45, 2.75) is 6.10 Å². The molecule has 0 spiro atoms. The van der Waals surface area contributed by atoms with Gasteiger partial charge in [0.15, 0.2) is 0 Å². The molecule has 1 aliphatic rings. The fourth-order valence-corrected chi connectivity index (χ4v) is 3.29. The zero-order valence-corrected chi connectivity index (χ0v) is 16.7. The molecule has 3 rings (SSSR count). The lowest BCUT2D eigenvalue weighted by molar-refractivity contribution is -0.120. The molecule has 29 heavy (non-hydrogen) atoms. The van der Waals surface area contributed by atoms with E-state index < -0.39 is 12.1 Å². The fourth-order valence-electron chi connectivity index (χ4n) is 2.99. The number of halogens is 1. The topological polar surface area (TPSA) is 103 Å². The molecule has 3 amide bonds. The highest BCUT2D eigenvalue weighted by Gasteiger charge is 2.19. The van der Waals surface area contributed by atoms with Crippen LogP contribution < -0.4 is 25.6 Å². The normalized spacial score (nSPS) is 14.7. The number of hydrogen-bond acceptors (Lipinski definition) is 5. The molecule has 9 heteroatoms. The molecule has 0 saturated carbocycles. The molecule has 1 atom stereocenters. The summed E-state index contributed by atoms with van der Waals surface area (Å²) in [6.45, 7) is 1.53. The largest absolute Gasteiger partial charge is 0.497 e. The van der Waals surface area contributed by atoms with Gasteiger partial charge in [0.2, 0.25) is 5.91 Å². The van der Waals surface area contributed by atoms with Gasteiger partial charge in [-0.05, 0) is 35.9 Å². The number of rotatable bonds is 6. The summed E-state index contributed by atoms with van der Waals surface area (Å²) in [6, 6.07) is 11.6. The summed E-state index contributed by atoms with van der Waals surface area (Å²) in [5.74, 6) is 0.640. The molecule has 0 bridgehead atoms. The maximum atomic E-state index is 12.1. The summed E-state index contributed by atoms with van der Waals surface area (Å²) in [4.78, 5) is 25.6. The highest BCUT2D eigenvalue weighted by atomic mass is 35.5. The Morgan fingerprint density at radius 2 is 2.07 bits per heavy atom. The molecule has 8 nitrogen and oxygen atoms in total. The lowest BCUT2D eigenvalue weighted by Crippen LogP contribution is -2.47. The van der Waals surface area contributed by atoms with Gasteiger partial charge in [0.05, 0.1) is 30.5 Å². The minimum absolute atomic E-state index is 0.0485. The first-order chi connectivity index (χ1) is 14.0. The Morgan fingerprint density at radius 1 is 1.31 bits per heavy atom. The third kappa shape index (κ3) is 5.52. The van der Waals surface area contributed by atoms with Gasteiger partial charge < -0.3 is 30.7 Å². The molecule has 1 fully saturated rings. The molecular formula is C20H23ClN4O4. The lowest BCUT2D eigenvalue weighted by Gasteiger charge is -2.29. The number of methoxy groups -OCH3 is 1. The van der Waals surface area contributed by atoms with Gasteiger partial charge in [-0.1, -0.05) is 23.7 Å². The smallest absolute Gasteiger partial charge is 0.319 e. The highest BCUT2D eigenvalue weighted by Crippen LogP contribution is 2.29. The number of benzene rings is 2. The van der Waals surface area contributed by atoms with Crippen LogP contribution in [0, 0.1) is 0 Å². The summed E-state index contributed by atoms with van der Waals surface area (Å²) in [6.07, 6.45) is -0.845. The van der Waals surface area contributed by atoms with Crippen molar-refractivity contribution in [3.63, 3.8) is 0 Å². The average Bonchev–Trinajstić information content (AvgIpc) is 2.72. The number of aliphatic hydroxyl groups excluding tert-OH is 1. The predicted octanol–water partition coefficient (Wildman–Crippen LogP) is 2.14. The number of ether oxygens (including phenoxy) is 1. The van der Waals surface area contributed by atoms with Gasteiger partial charge in [-0.2, -0.15) is 0 Å². The Hall–Kier alpha value is -2.97. The summed E-state index contributed by atoms with van der Waals surface area (Å²) in [7, 11) is 1.57. The van der Waals surface area contributed by atoms with Gasteiger partial charge >= 0.3 is 6.03 Å². The van der Waals surface area contributed by atoms with Crippen LogP contribution in [0.2, 0.25) is 5.02 Å². The zero-order chi connectivity index (χ0) is 20.8. The van der Waals surface area contributed by atoms with Crippen molar-refractivity contribution < 1.29 is 19.4 Å². The van der Waals surface area contributed by atoms with E-state index in [0.717, 1.165) is 5.69 Å². The number of carbonyl (C=O) groups excluding carboxylic acids is 2. The van der Waals surface area contributed by atoms with Crippen LogP contribution in [0.25, 0.3) is 0 Å². The number of nitrogens with one attached hydrogen (secondary N) is 3. The van der Waals surface area contributed by atoms with Crippen LogP contribution in [-0.4, -0.2) is 50.3 Å². The van der Waals surface area contributed by atoms with Gasteiger partial charge in [-0.15, -0.1) is 0 Å². The molecule has 1 aliphatic heterocycles. The van der Waals surface area contributed by atoms with Crippen molar-refractivity contribution in [3.05, 3.63) is 53.1 Å². The molecule has 1 saturated heterocycles. The van der Waals surface area contributed by atoms with E-state index in [4.69, 9.17) is 16.3 Å². The van der Waals surface area contributed by atoms with Gasteiger partial charge in [0.25, 0.3) is 0 Å². The second-order valence-electron chi connectivity index (χ2n) is 6.56. The highest BCUT2D eigenvalue weighted by molar-refractivity contribution is 6.33. The van der Waals surface area contributed by atoms with Gasteiger partial charge in [0, 0.05) is 25.3 Å². The second-order valence-corrected chi connectivity index (χ2v) is 6.97. The van der Waals surface area contributed by atoms with Crippen LogP contribution in [0.4, 0.5) is 16.2 Å². The van der Waals surface area contributed by atoms with Crippen LogP contribution in [0.15, 0.2) is 42.5 Å². The molecule has 1 unspecified atom stereocenters. The van der Waals surface area contributed by atoms with Crippen molar-refractivity contribution in [3.8, 4) is 5.75 Å². The van der Waals surface area contributed by atoms with E-state index in [1.54, 1.807) is 49.6 Å². The van der Waals surface area contributed by atoms with Crippen molar-refractivity contribution in [1.82, 2.24) is 10.6 Å². The summed E-state index contributed by atoms with van der Waals surface area (Å²) in [5, 5.41) is 18.7. The number of hydrogen-bond donors (Lipinski definition) is 4. The summed E-state index contributed by atoms with van der Waals surface area (Å²) in [5.41, 5.74) is 1.92. The van der Waals surface area contributed by atoms with Gasteiger partial charge in [-0.3, -0.25) is 4.79 Å². The van der Waals surface area contributed by atoms with E-state index in [-0.39, 0.29) is 19.0 Å². The first kappa shape index (κ1) is 20.8. The molecule has 0 radical (unpaired) electrons. The molecule has 154 valence electrons. The Kier molecular flexibility index (Phi) is 6.79. The number of carbonyl (C=O) groups is 2. The minimum Gasteiger partial charge on any atom is -0.497 e. The minimum atomic E-state index is -0.845. The predicted molar refractivity (Wildman–Crippen MR) is 112 cm³/mol. The number of urea groups is 1. The maximum absolute atomic E-state index is 12.1. The van der Waals surface area contributed by atoms with Crippen molar-refractivity contribution in [2.75, 3.05) is 43.5 Å². The third-order valence-electron chi connectivity index (χ3n) is 4.54. The maximum Gasteiger partial charge on any atom is 0.319 e.